The molecule has 4 rings (SSSR count). The first-order chi connectivity index (χ1) is 14.1. The summed E-state index contributed by atoms with van der Waals surface area (Å²) in [7, 11) is -3.73. The number of benzene rings is 1. The van der Waals surface area contributed by atoms with Crippen molar-refractivity contribution >= 4 is 15.9 Å². The molecule has 8 heteroatoms. The summed E-state index contributed by atoms with van der Waals surface area (Å²) in [5, 5.41) is 0. The number of carbonyl (C=O) groups is 1. The second kappa shape index (κ2) is 7.06. The van der Waals surface area contributed by atoms with E-state index in [0.29, 0.717) is 30.0 Å². The summed E-state index contributed by atoms with van der Waals surface area (Å²) < 4.78 is 34.3. The van der Waals surface area contributed by atoms with E-state index in [0.717, 1.165) is 16.8 Å². The zero-order valence-electron chi connectivity index (χ0n) is 18.0. The van der Waals surface area contributed by atoms with Gasteiger partial charge < -0.3 is 9.64 Å². The molecule has 1 aromatic carbocycles. The summed E-state index contributed by atoms with van der Waals surface area (Å²) in [6, 6.07) is 5.37. The Morgan fingerprint density at radius 2 is 1.87 bits per heavy atom. The molecule has 160 valence electrons. The van der Waals surface area contributed by atoms with Gasteiger partial charge in [0, 0.05) is 31.5 Å². The fraction of sp³-hybridized carbons (Fsp3) is 0.455. The highest BCUT2D eigenvalue weighted by molar-refractivity contribution is 7.89. The lowest BCUT2D eigenvalue weighted by molar-refractivity contribution is 0.0376. The molecule has 2 aliphatic rings. The lowest BCUT2D eigenvalue weighted by atomic mass is 9.90. The van der Waals surface area contributed by atoms with Crippen molar-refractivity contribution < 1.29 is 17.9 Å². The first kappa shape index (κ1) is 20.8. The molecule has 1 fully saturated rings. The number of ether oxygens (including phenoxy) is 1. The van der Waals surface area contributed by atoms with Crippen LogP contribution in [-0.4, -0.2) is 54.8 Å². The van der Waals surface area contributed by atoms with Crippen LogP contribution in [0.1, 0.15) is 46.6 Å². The van der Waals surface area contributed by atoms with Crippen molar-refractivity contribution in [3.05, 3.63) is 52.3 Å². The van der Waals surface area contributed by atoms with E-state index < -0.39 is 15.6 Å². The zero-order valence-corrected chi connectivity index (χ0v) is 18.8. The first-order valence-electron chi connectivity index (χ1n) is 10.1. The number of sulfonamides is 1. The molecule has 0 spiro atoms. The SMILES string of the molecule is CCOc1cc(C)c(S(=O)(=O)N2CCN3C(=O)c4cnc(C)cc4C3(C)C2)cc1C. The van der Waals surface area contributed by atoms with E-state index in [2.05, 4.69) is 4.98 Å². The molecular formula is C22H27N3O4S. The van der Waals surface area contributed by atoms with Gasteiger partial charge in [-0.15, -0.1) is 0 Å². The molecule has 0 radical (unpaired) electrons. The monoisotopic (exact) mass is 429 g/mol. The molecule has 0 aliphatic carbocycles. The van der Waals surface area contributed by atoms with Crippen LogP contribution < -0.4 is 4.74 Å². The Morgan fingerprint density at radius 3 is 2.57 bits per heavy atom. The molecule has 1 unspecified atom stereocenters. The molecule has 0 bridgehead atoms. The average molecular weight is 430 g/mol. The van der Waals surface area contributed by atoms with Crippen molar-refractivity contribution in [1.29, 1.82) is 0 Å². The summed E-state index contributed by atoms with van der Waals surface area (Å²) in [6.45, 7) is 10.7. The molecule has 30 heavy (non-hydrogen) atoms. The summed E-state index contributed by atoms with van der Waals surface area (Å²) in [5.74, 6) is 0.620. The number of aryl methyl sites for hydroxylation is 3. The largest absolute Gasteiger partial charge is 0.494 e. The predicted molar refractivity (Wildman–Crippen MR) is 113 cm³/mol. The van der Waals surface area contributed by atoms with E-state index in [1.807, 2.05) is 33.8 Å². The van der Waals surface area contributed by atoms with Crippen LogP contribution in [-0.2, 0) is 15.6 Å². The van der Waals surface area contributed by atoms with Crippen LogP contribution in [0.15, 0.2) is 29.3 Å². The maximum absolute atomic E-state index is 13.6. The third-order valence-corrected chi connectivity index (χ3v) is 8.13. The topological polar surface area (TPSA) is 79.8 Å². The van der Waals surface area contributed by atoms with Gasteiger partial charge in [0.25, 0.3) is 5.91 Å². The Hall–Kier alpha value is -2.45. The summed E-state index contributed by atoms with van der Waals surface area (Å²) in [6.07, 6.45) is 1.61. The Kier molecular flexibility index (Phi) is 4.90. The average Bonchev–Trinajstić information content (AvgIpc) is 2.91. The number of amides is 1. The van der Waals surface area contributed by atoms with Gasteiger partial charge in [0.1, 0.15) is 5.75 Å². The number of aromatic nitrogens is 1. The molecule has 0 N–H and O–H groups in total. The highest BCUT2D eigenvalue weighted by atomic mass is 32.2. The number of hydrogen-bond acceptors (Lipinski definition) is 5. The van der Waals surface area contributed by atoms with Gasteiger partial charge in [0.2, 0.25) is 10.0 Å². The molecule has 3 heterocycles. The van der Waals surface area contributed by atoms with Gasteiger partial charge in [-0.25, -0.2) is 8.42 Å². The molecule has 0 saturated carbocycles. The van der Waals surface area contributed by atoms with Crippen LogP contribution in [0.5, 0.6) is 5.75 Å². The van der Waals surface area contributed by atoms with E-state index in [-0.39, 0.29) is 23.9 Å². The quantitative estimate of drug-likeness (QED) is 0.747. The first-order valence-corrected chi connectivity index (χ1v) is 11.6. The van der Waals surface area contributed by atoms with Crippen LogP contribution in [0.2, 0.25) is 0 Å². The number of carbonyl (C=O) groups excluding carboxylic acids is 1. The second-order valence-electron chi connectivity index (χ2n) is 8.26. The van der Waals surface area contributed by atoms with E-state index in [9.17, 15) is 13.2 Å². The molecule has 1 atom stereocenters. The summed E-state index contributed by atoms with van der Waals surface area (Å²) in [5.41, 5.74) is 2.95. The van der Waals surface area contributed by atoms with E-state index in [1.54, 1.807) is 30.2 Å². The highest BCUT2D eigenvalue weighted by Crippen LogP contribution is 2.42. The smallest absolute Gasteiger partial charge is 0.256 e. The Balaban J connectivity index is 1.73. The Bertz CT molecular complexity index is 1150. The van der Waals surface area contributed by atoms with Crippen LogP contribution in [0.4, 0.5) is 0 Å². The minimum absolute atomic E-state index is 0.0786. The van der Waals surface area contributed by atoms with Gasteiger partial charge in [-0.2, -0.15) is 4.31 Å². The van der Waals surface area contributed by atoms with Crippen molar-refractivity contribution in [1.82, 2.24) is 14.2 Å². The van der Waals surface area contributed by atoms with Crippen molar-refractivity contribution in [2.75, 3.05) is 26.2 Å². The standard InChI is InChI=1S/C22H27N3O4S/c1-6-29-19-9-15(3)20(10-14(19)2)30(27,28)24-7-8-25-21(26)17-12-23-16(4)11-18(17)22(25,5)13-24/h9-12H,6-8,13H2,1-5H3. The van der Waals surface area contributed by atoms with Crippen molar-refractivity contribution in [3.8, 4) is 5.75 Å². The van der Waals surface area contributed by atoms with Crippen molar-refractivity contribution in [2.24, 2.45) is 0 Å². The van der Waals surface area contributed by atoms with Crippen LogP contribution in [0.3, 0.4) is 0 Å². The van der Waals surface area contributed by atoms with E-state index >= 15 is 0 Å². The van der Waals surface area contributed by atoms with Gasteiger partial charge in [-0.3, -0.25) is 9.78 Å². The molecule has 7 nitrogen and oxygen atoms in total. The molecule has 1 saturated heterocycles. The van der Waals surface area contributed by atoms with Gasteiger partial charge in [-0.05, 0) is 69.5 Å². The number of fused-ring (bicyclic) bond motifs is 3. The highest BCUT2D eigenvalue weighted by Gasteiger charge is 2.51. The lowest BCUT2D eigenvalue weighted by Gasteiger charge is -2.44. The van der Waals surface area contributed by atoms with Gasteiger partial charge in [-0.1, -0.05) is 0 Å². The number of hydrogen-bond donors (Lipinski definition) is 0. The van der Waals surface area contributed by atoms with Crippen LogP contribution in [0.25, 0.3) is 0 Å². The minimum atomic E-state index is -3.73. The number of piperazine rings is 1. The fourth-order valence-electron chi connectivity index (χ4n) is 4.54. The third-order valence-electron chi connectivity index (χ3n) is 6.14. The number of pyridine rings is 1. The van der Waals surface area contributed by atoms with E-state index in [4.69, 9.17) is 4.74 Å². The number of nitrogens with zero attached hydrogens (tertiary/aromatic N) is 3. The van der Waals surface area contributed by atoms with Crippen molar-refractivity contribution in [3.63, 3.8) is 0 Å². The molecule has 1 amide bonds. The van der Waals surface area contributed by atoms with Crippen molar-refractivity contribution in [2.45, 2.75) is 45.1 Å². The maximum Gasteiger partial charge on any atom is 0.256 e. The second-order valence-corrected chi connectivity index (χ2v) is 10.2. The fourth-order valence-corrected chi connectivity index (χ4v) is 6.35. The molecule has 2 aromatic rings. The lowest BCUT2D eigenvalue weighted by Crippen LogP contribution is -2.58. The van der Waals surface area contributed by atoms with E-state index in [1.165, 1.54) is 4.31 Å². The summed E-state index contributed by atoms with van der Waals surface area (Å²) in [4.78, 5) is 19.2. The normalized spacial score (nSPS) is 21.5. The summed E-state index contributed by atoms with van der Waals surface area (Å²) >= 11 is 0. The zero-order chi connectivity index (χ0) is 21.8. The van der Waals surface area contributed by atoms with Gasteiger partial charge >= 0.3 is 0 Å². The predicted octanol–water partition coefficient (Wildman–Crippen LogP) is 2.78. The molecule has 1 aromatic heterocycles. The maximum atomic E-state index is 13.6. The molecular weight excluding hydrogens is 402 g/mol. The van der Waals surface area contributed by atoms with Crippen LogP contribution >= 0.6 is 0 Å². The number of rotatable bonds is 4. The Morgan fingerprint density at radius 1 is 1.13 bits per heavy atom. The minimum Gasteiger partial charge on any atom is -0.494 e. The molecule has 2 aliphatic heterocycles. The third kappa shape index (κ3) is 3.01. The van der Waals surface area contributed by atoms with Gasteiger partial charge in [0.05, 0.1) is 22.6 Å². The van der Waals surface area contributed by atoms with Crippen LogP contribution in [0, 0.1) is 20.8 Å². The van der Waals surface area contributed by atoms with Gasteiger partial charge in [0.15, 0.2) is 0 Å². The Labute approximate surface area is 177 Å².